The summed E-state index contributed by atoms with van der Waals surface area (Å²) in [6.07, 6.45) is 0.433. The number of rotatable bonds is 5. The summed E-state index contributed by atoms with van der Waals surface area (Å²) in [5.41, 5.74) is 2.54. The second kappa shape index (κ2) is 6.71. The van der Waals surface area contributed by atoms with Gasteiger partial charge in [0.2, 0.25) is 5.78 Å². The van der Waals surface area contributed by atoms with Gasteiger partial charge < -0.3 is 9.30 Å². The van der Waals surface area contributed by atoms with E-state index in [9.17, 15) is 9.18 Å². The van der Waals surface area contributed by atoms with Gasteiger partial charge in [0, 0.05) is 19.2 Å². The summed E-state index contributed by atoms with van der Waals surface area (Å²) >= 11 is 0. The molecule has 0 aliphatic carbocycles. The van der Waals surface area contributed by atoms with Gasteiger partial charge in [0.05, 0.1) is 18.4 Å². The van der Waals surface area contributed by atoms with Crippen LogP contribution in [0.4, 0.5) is 4.39 Å². The molecule has 0 saturated carbocycles. The molecule has 1 heterocycles. The highest BCUT2D eigenvalue weighted by Crippen LogP contribution is 2.23. The van der Waals surface area contributed by atoms with Gasteiger partial charge in [0.1, 0.15) is 11.6 Å². The molecule has 0 spiro atoms. The highest BCUT2D eigenvalue weighted by molar-refractivity contribution is 6.09. The summed E-state index contributed by atoms with van der Waals surface area (Å²) in [7, 11) is 3.36. The molecule has 1 aromatic heterocycles. The van der Waals surface area contributed by atoms with E-state index in [-0.39, 0.29) is 11.6 Å². The van der Waals surface area contributed by atoms with Crippen LogP contribution < -0.4 is 4.74 Å². The normalized spacial score (nSPS) is 10.6. The standard InChI is InChI=1S/C20H18FNO2/c1-22-15(13-14-7-3-5-9-17(14)21)11-12-18(22)20(23)16-8-4-6-10-19(16)24-2/h3-12H,13H2,1-2H3. The minimum absolute atomic E-state index is 0.116. The van der Waals surface area contributed by atoms with E-state index in [0.717, 1.165) is 5.69 Å². The van der Waals surface area contributed by atoms with Crippen LogP contribution >= 0.6 is 0 Å². The van der Waals surface area contributed by atoms with Crippen molar-refractivity contribution >= 4 is 5.78 Å². The highest BCUT2D eigenvalue weighted by Gasteiger charge is 2.18. The number of aromatic nitrogens is 1. The van der Waals surface area contributed by atoms with Crippen LogP contribution in [0.5, 0.6) is 5.75 Å². The van der Waals surface area contributed by atoms with Gasteiger partial charge in [0.25, 0.3) is 0 Å². The summed E-state index contributed by atoms with van der Waals surface area (Å²) in [5.74, 6) is 0.186. The molecule has 0 atom stereocenters. The fraction of sp³-hybridized carbons (Fsp3) is 0.150. The third kappa shape index (κ3) is 2.95. The Bertz CT molecular complexity index is 883. The Hall–Kier alpha value is -2.88. The predicted molar refractivity (Wildman–Crippen MR) is 91.0 cm³/mol. The monoisotopic (exact) mass is 323 g/mol. The van der Waals surface area contributed by atoms with Crippen LogP contribution in [0.3, 0.4) is 0 Å². The lowest BCUT2D eigenvalue weighted by atomic mass is 10.1. The fourth-order valence-corrected chi connectivity index (χ4v) is 2.77. The number of benzene rings is 2. The van der Waals surface area contributed by atoms with Gasteiger partial charge in [-0.05, 0) is 35.9 Å². The second-order valence-corrected chi connectivity index (χ2v) is 5.57. The molecular formula is C20H18FNO2. The number of halogens is 1. The van der Waals surface area contributed by atoms with Crippen LogP contribution in [-0.2, 0) is 13.5 Å². The number of para-hydroxylation sites is 1. The van der Waals surface area contributed by atoms with Crippen LogP contribution in [0.1, 0.15) is 27.3 Å². The van der Waals surface area contributed by atoms with E-state index in [1.165, 1.54) is 6.07 Å². The van der Waals surface area contributed by atoms with Gasteiger partial charge in [-0.3, -0.25) is 4.79 Å². The zero-order valence-corrected chi connectivity index (χ0v) is 13.6. The van der Waals surface area contributed by atoms with Crippen LogP contribution in [-0.4, -0.2) is 17.5 Å². The molecule has 24 heavy (non-hydrogen) atoms. The van der Waals surface area contributed by atoms with Crippen molar-refractivity contribution < 1.29 is 13.9 Å². The number of hydrogen-bond donors (Lipinski definition) is 0. The number of nitrogens with zero attached hydrogens (tertiary/aromatic N) is 1. The van der Waals surface area contributed by atoms with Crippen molar-refractivity contribution in [1.29, 1.82) is 0 Å². The predicted octanol–water partition coefficient (Wildman–Crippen LogP) is 3.99. The topological polar surface area (TPSA) is 31.2 Å². The molecule has 3 rings (SSSR count). The van der Waals surface area contributed by atoms with E-state index in [4.69, 9.17) is 4.74 Å². The molecule has 0 N–H and O–H groups in total. The molecule has 0 radical (unpaired) electrons. The van der Waals surface area contributed by atoms with Gasteiger partial charge in [-0.25, -0.2) is 4.39 Å². The van der Waals surface area contributed by atoms with Crippen molar-refractivity contribution in [2.75, 3.05) is 7.11 Å². The number of carbonyl (C=O) groups is 1. The first-order valence-electron chi connectivity index (χ1n) is 7.67. The molecule has 0 aliphatic heterocycles. The van der Waals surface area contributed by atoms with Crippen molar-refractivity contribution in [3.05, 3.63) is 89.0 Å². The summed E-state index contributed by atoms with van der Waals surface area (Å²) < 4.78 is 20.9. The van der Waals surface area contributed by atoms with Crippen LogP contribution in [0.2, 0.25) is 0 Å². The van der Waals surface area contributed by atoms with Gasteiger partial charge in [-0.15, -0.1) is 0 Å². The van der Waals surface area contributed by atoms with Crippen LogP contribution in [0.25, 0.3) is 0 Å². The molecule has 0 saturated heterocycles. The van der Waals surface area contributed by atoms with E-state index >= 15 is 0 Å². The van der Waals surface area contributed by atoms with E-state index in [0.29, 0.717) is 29.0 Å². The first-order chi connectivity index (χ1) is 11.6. The highest BCUT2D eigenvalue weighted by atomic mass is 19.1. The van der Waals surface area contributed by atoms with Gasteiger partial charge >= 0.3 is 0 Å². The fourth-order valence-electron chi connectivity index (χ4n) is 2.77. The molecule has 3 nitrogen and oxygen atoms in total. The third-order valence-corrected chi connectivity index (χ3v) is 4.14. The average molecular weight is 323 g/mol. The van der Waals surface area contributed by atoms with Gasteiger partial charge in [-0.2, -0.15) is 0 Å². The summed E-state index contributed by atoms with van der Waals surface area (Å²) in [6, 6.07) is 17.4. The van der Waals surface area contributed by atoms with E-state index in [1.54, 1.807) is 48.1 Å². The zero-order chi connectivity index (χ0) is 17.1. The average Bonchev–Trinajstić information content (AvgIpc) is 2.97. The molecule has 3 aromatic rings. The maximum atomic E-state index is 13.8. The molecule has 2 aromatic carbocycles. The van der Waals surface area contributed by atoms with Crippen molar-refractivity contribution in [3.63, 3.8) is 0 Å². The smallest absolute Gasteiger partial charge is 0.213 e. The zero-order valence-electron chi connectivity index (χ0n) is 13.6. The number of ketones is 1. The van der Waals surface area contributed by atoms with Gasteiger partial charge in [-0.1, -0.05) is 30.3 Å². The largest absolute Gasteiger partial charge is 0.496 e. The summed E-state index contributed by atoms with van der Waals surface area (Å²) in [5, 5.41) is 0. The molecule has 4 heteroatoms. The van der Waals surface area contributed by atoms with Crippen molar-refractivity contribution in [3.8, 4) is 5.75 Å². The Morgan fingerprint density at radius 3 is 2.50 bits per heavy atom. The van der Waals surface area contributed by atoms with E-state index in [2.05, 4.69) is 0 Å². The quantitative estimate of drug-likeness (QED) is 0.665. The Morgan fingerprint density at radius 1 is 1.04 bits per heavy atom. The summed E-state index contributed by atoms with van der Waals surface area (Å²) in [4.78, 5) is 12.8. The Morgan fingerprint density at radius 2 is 1.75 bits per heavy atom. The molecule has 0 aliphatic rings. The lowest BCUT2D eigenvalue weighted by molar-refractivity contribution is 0.102. The number of carbonyl (C=O) groups excluding carboxylic acids is 1. The van der Waals surface area contributed by atoms with Gasteiger partial charge in [0.15, 0.2) is 0 Å². The SMILES string of the molecule is COc1ccccc1C(=O)c1ccc(Cc2ccccc2F)n1C. The number of hydrogen-bond acceptors (Lipinski definition) is 2. The first kappa shape index (κ1) is 16.0. The molecule has 122 valence electrons. The molecule has 0 fully saturated rings. The lowest BCUT2D eigenvalue weighted by Crippen LogP contribution is -2.10. The number of ether oxygens (including phenoxy) is 1. The minimum Gasteiger partial charge on any atom is -0.496 e. The first-order valence-corrected chi connectivity index (χ1v) is 7.67. The Kier molecular flexibility index (Phi) is 4.47. The van der Waals surface area contributed by atoms with E-state index < -0.39 is 0 Å². The summed E-state index contributed by atoms with van der Waals surface area (Å²) in [6.45, 7) is 0. The number of methoxy groups -OCH3 is 1. The lowest BCUT2D eigenvalue weighted by Gasteiger charge is -2.10. The maximum absolute atomic E-state index is 13.8. The molecule has 0 unspecified atom stereocenters. The second-order valence-electron chi connectivity index (χ2n) is 5.57. The molecule has 0 amide bonds. The van der Waals surface area contributed by atoms with Crippen molar-refractivity contribution in [2.24, 2.45) is 7.05 Å². The van der Waals surface area contributed by atoms with Crippen molar-refractivity contribution in [2.45, 2.75) is 6.42 Å². The van der Waals surface area contributed by atoms with Crippen LogP contribution in [0, 0.1) is 5.82 Å². The molecule has 0 bridgehead atoms. The molecular weight excluding hydrogens is 305 g/mol. The Balaban J connectivity index is 1.93. The van der Waals surface area contributed by atoms with E-state index in [1.807, 2.05) is 25.2 Å². The van der Waals surface area contributed by atoms with Crippen molar-refractivity contribution in [1.82, 2.24) is 4.57 Å². The third-order valence-electron chi connectivity index (χ3n) is 4.14. The Labute approximate surface area is 140 Å². The maximum Gasteiger partial charge on any atom is 0.213 e. The van der Waals surface area contributed by atoms with Crippen LogP contribution in [0.15, 0.2) is 60.7 Å². The minimum atomic E-state index is -0.240.